The normalized spacial score (nSPS) is 20.1. The topological polar surface area (TPSA) is 50.4 Å². The van der Waals surface area contributed by atoms with Crippen LogP contribution in [-0.4, -0.2) is 31.7 Å². The van der Waals surface area contributed by atoms with E-state index in [4.69, 9.17) is 4.74 Å². The molecular formula is C16H22N2O2. The Labute approximate surface area is 119 Å². The largest absolute Gasteiger partial charge is 0.384 e. The lowest BCUT2D eigenvalue weighted by atomic mass is 9.92. The molecule has 1 aromatic rings. The molecule has 0 spiro atoms. The fourth-order valence-corrected chi connectivity index (χ4v) is 3.06. The molecule has 2 aliphatic rings. The number of hydrogen-bond donors (Lipinski definition) is 2. The van der Waals surface area contributed by atoms with Crippen LogP contribution in [0.3, 0.4) is 0 Å². The van der Waals surface area contributed by atoms with E-state index in [2.05, 4.69) is 23.6 Å². The highest BCUT2D eigenvalue weighted by atomic mass is 16.5. The van der Waals surface area contributed by atoms with E-state index < -0.39 is 0 Å². The quantitative estimate of drug-likeness (QED) is 0.888. The lowest BCUT2D eigenvalue weighted by Gasteiger charge is -2.28. The Morgan fingerprint density at radius 1 is 1.40 bits per heavy atom. The van der Waals surface area contributed by atoms with Gasteiger partial charge in [-0.15, -0.1) is 0 Å². The summed E-state index contributed by atoms with van der Waals surface area (Å²) in [5.41, 5.74) is 3.16. The number of benzene rings is 1. The lowest BCUT2D eigenvalue weighted by molar-refractivity contribution is 0.0538. The zero-order chi connectivity index (χ0) is 13.9. The van der Waals surface area contributed by atoms with Crippen molar-refractivity contribution in [3.8, 4) is 0 Å². The summed E-state index contributed by atoms with van der Waals surface area (Å²) in [6.45, 7) is 4.69. The molecule has 4 heteroatoms. The molecule has 20 heavy (non-hydrogen) atoms. The average molecular weight is 274 g/mol. The first kappa shape index (κ1) is 13.4. The SMILES string of the molecule is CC(NC(=O)c1ccc2c(c1)NCC2)C1CCOCC1. The molecule has 0 aromatic heterocycles. The summed E-state index contributed by atoms with van der Waals surface area (Å²) in [5, 5.41) is 6.45. The first-order valence-corrected chi connectivity index (χ1v) is 7.49. The molecule has 108 valence electrons. The molecular weight excluding hydrogens is 252 g/mol. The van der Waals surface area contributed by atoms with Crippen molar-refractivity contribution in [3.05, 3.63) is 29.3 Å². The van der Waals surface area contributed by atoms with E-state index in [1.165, 1.54) is 5.56 Å². The van der Waals surface area contributed by atoms with Crippen LogP contribution in [0.2, 0.25) is 0 Å². The third-order valence-electron chi connectivity index (χ3n) is 4.41. The van der Waals surface area contributed by atoms with E-state index >= 15 is 0 Å². The molecule has 1 aromatic carbocycles. The number of ether oxygens (including phenoxy) is 1. The summed E-state index contributed by atoms with van der Waals surface area (Å²) in [4.78, 5) is 12.3. The highest BCUT2D eigenvalue weighted by Gasteiger charge is 2.22. The average Bonchev–Trinajstić information content (AvgIpc) is 2.95. The molecule has 1 fully saturated rings. The van der Waals surface area contributed by atoms with E-state index in [0.717, 1.165) is 50.3 Å². The number of amides is 1. The Morgan fingerprint density at radius 2 is 2.20 bits per heavy atom. The van der Waals surface area contributed by atoms with Crippen LogP contribution in [-0.2, 0) is 11.2 Å². The first-order valence-electron chi connectivity index (χ1n) is 7.49. The minimum atomic E-state index is 0.0282. The lowest BCUT2D eigenvalue weighted by Crippen LogP contribution is -2.40. The number of anilines is 1. The molecule has 1 atom stereocenters. The molecule has 1 unspecified atom stereocenters. The molecule has 0 radical (unpaired) electrons. The molecule has 4 nitrogen and oxygen atoms in total. The Morgan fingerprint density at radius 3 is 3.00 bits per heavy atom. The van der Waals surface area contributed by atoms with Crippen molar-refractivity contribution in [2.45, 2.75) is 32.2 Å². The van der Waals surface area contributed by atoms with Crippen LogP contribution in [0.15, 0.2) is 18.2 Å². The third kappa shape index (κ3) is 2.80. The van der Waals surface area contributed by atoms with Gasteiger partial charge in [-0.1, -0.05) is 6.07 Å². The minimum absolute atomic E-state index is 0.0282. The van der Waals surface area contributed by atoms with Gasteiger partial charge in [-0.05, 0) is 49.8 Å². The second-order valence-electron chi connectivity index (χ2n) is 5.76. The number of nitrogens with one attached hydrogen (secondary N) is 2. The van der Waals surface area contributed by atoms with E-state index in [0.29, 0.717) is 5.92 Å². The highest BCUT2D eigenvalue weighted by Crippen LogP contribution is 2.24. The monoisotopic (exact) mass is 274 g/mol. The number of hydrogen-bond acceptors (Lipinski definition) is 3. The Hall–Kier alpha value is -1.55. The predicted molar refractivity (Wildman–Crippen MR) is 79.1 cm³/mol. The van der Waals surface area contributed by atoms with E-state index in [-0.39, 0.29) is 11.9 Å². The van der Waals surface area contributed by atoms with E-state index in [1.807, 2.05) is 12.1 Å². The number of carbonyl (C=O) groups excluding carboxylic acids is 1. The molecule has 0 bridgehead atoms. The minimum Gasteiger partial charge on any atom is -0.384 e. The second kappa shape index (κ2) is 5.83. The van der Waals surface area contributed by atoms with Gasteiger partial charge in [0.1, 0.15) is 0 Å². The maximum atomic E-state index is 12.3. The second-order valence-corrected chi connectivity index (χ2v) is 5.76. The number of fused-ring (bicyclic) bond motifs is 1. The van der Waals surface area contributed by atoms with Gasteiger partial charge in [0.05, 0.1) is 0 Å². The highest BCUT2D eigenvalue weighted by molar-refractivity contribution is 5.95. The zero-order valence-electron chi connectivity index (χ0n) is 11.9. The van der Waals surface area contributed by atoms with Crippen molar-refractivity contribution in [1.29, 1.82) is 0 Å². The summed E-state index contributed by atoms with van der Waals surface area (Å²) in [6, 6.07) is 6.16. The van der Waals surface area contributed by atoms with Crippen molar-refractivity contribution in [3.63, 3.8) is 0 Å². The molecule has 1 saturated heterocycles. The van der Waals surface area contributed by atoms with Crippen molar-refractivity contribution >= 4 is 11.6 Å². The van der Waals surface area contributed by atoms with Crippen LogP contribution in [0.1, 0.15) is 35.7 Å². The van der Waals surface area contributed by atoms with Crippen molar-refractivity contribution in [1.82, 2.24) is 5.32 Å². The maximum absolute atomic E-state index is 12.3. The Balaban J connectivity index is 1.63. The van der Waals surface area contributed by atoms with Gasteiger partial charge in [0.2, 0.25) is 0 Å². The van der Waals surface area contributed by atoms with E-state index in [9.17, 15) is 4.79 Å². The summed E-state index contributed by atoms with van der Waals surface area (Å²) >= 11 is 0. The van der Waals surface area contributed by atoms with Crippen LogP contribution in [0.5, 0.6) is 0 Å². The van der Waals surface area contributed by atoms with Gasteiger partial charge in [0.15, 0.2) is 0 Å². The van der Waals surface area contributed by atoms with Gasteiger partial charge in [-0.3, -0.25) is 4.79 Å². The van der Waals surface area contributed by atoms with Crippen LogP contribution >= 0.6 is 0 Å². The predicted octanol–water partition coefficient (Wildman–Crippen LogP) is 2.20. The molecule has 3 rings (SSSR count). The van der Waals surface area contributed by atoms with Crippen molar-refractivity contribution in [2.24, 2.45) is 5.92 Å². The van der Waals surface area contributed by atoms with Gasteiger partial charge in [0, 0.05) is 37.1 Å². The molecule has 2 heterocycles. The Bertz CT molecular complexity index is 495. The van der Waals surface area contributed by atoms with Crippen LogP contribution in [0.4, 0.5) is 5.69 Å². The summed E-state index contributed by atoms with van der Waals surface area (Å²) < 4.78 is 5.37. The first-order chi connectivity index (χ1) is 9.74. The summed E-state index contributed by atoms with van der Waals surface area (Å²) in [7, 11) is 0. The fourth-order valence-electron chi connectivity index (χ4n) is 3.06. The number of rotatable bonds is 3. The van der Waals surface area contributed by atoms with Crippen molar-refractivity contribution < 1.29 is 9.53 Å². The smallest absolute Gasteiger partial charge is 0.251 e. The van der Waals surface area contributed by atoms with E-state index in [1.54, 1.807) is 0 Å². The molecule has 2 aliphatic heterocycles. The summed E-state index contributed by atoms with van der Waals surface area (Å²) in [6.07, 6.45) is 3.12. The molecule has 0 aliphatic carbocycles. The molecule has 2 N–H and O–H groups in total. The number of carbonyl (C=O) groups is 1. The Kier molecular flexibility index (Phi) is 3.92. The van der Waals surface area contributed by atoms with Gasteiger partial charge in [0.25, 0.3) is 5.91 Å². The maximum Gasteiger partial charge on any atom is 0.251 e. The molecule has 1 amide bonds. The van der Waals surface area contributed by atoms with Crippen molar-refractivity contribution in [2.75, 3.05) is 25.1 Å². The van der Waals surface area contributed by atoms with Gasteiger partial charge in [-0.2, -0.15) is 0 Å². The standard InChI is InChI=1S/C16H22N2O2/c1-11(12-5-8-20-9-6-12)18-16(19)14-3-2-13-4-7-17-15(13)10-14/h2-3,10-12,17H,4-9H2,1H3,(H,18,19). The fraction of sp³-hybridized carbons (Fsp3) is 0.562. The van der Waals surface area contributed by atoms with Crippen LogP contribution in [0.25, 0.3) is 0 Å². The zero-order valence-corrected chi connectivity index (χ0v) is 11.9. The van der Waals surface area contributed by atoms with Crippen LogP contribution < -0.4 is 10.6 Å². The van der Waals surface area contributed by atoms with Crippen LogP contribution in [0, 0.1) is 5.92 Å². The third-order valence-corrected chi connectivity index (χ3v) is 4.41. The molecule has 0 saturated carbocycles. The summed E-state index contributed by atoms with van der Waals surface area (Å²) in [5.74, 6) is 0.556. The van der Waals surface area contributed by atoms with Gasteiger partial charge >= 0.3 is 0 Å². The van der Waals surface area contributed by atoms with Gasteiger partial charge < -0.3 is 15.4 Å². The van der Waals surface area contributed by atoms with Gasteiger partial charge in [-0.25, -0.2) is 0 Å².